The maximum atomic E-state index is 10.1. The minimum atomic E-state index is -0.682. The van der Waals surface area contributed by atoms with E-state index in [9.17, 15) is 5.11 Å². The summed E-state index contributed by atoms with van der Waals surface area (Å²) in [6, 6.07) is 10.2. The maximum absolute atomic E-state index is 10.1. The molecule has 0 aliphatic rings. The number of nitrogens with zero attached hydrogens (tertiary/aromatic N) is 1. The van der Waals surface area contributed by atoms with Crippen molar-refractivity contribution in [3.63, 3.8) is 0 Å². The summed E-state index contributed by atoms with van der Waals surface area (Å²) in [6.45, 7) is 3.91. The van der Waals surface area contributed by atoms with Gasteiger partial charge in [-0.1, -0.05) is 30.3 Å². The fourth-order valence-electron chi connectivity index (χ4n) is 1.81. The van der Waals surface area contributed by atoms with Crippen molar-refractivity contribution in [1.29, 1.82) is 0 Å². The van der Waals surface area contributed by atoms with Crippen LogP contribution in [-0.4, -0.2) is 42.8 Å². The summed E-state index contributed by atoms with van der Waals surface area (Å²) in [5, 5.41) is 13.3. The van der Waals surface area contributed by atoms with Crippen molar-refractivity contribution < 1.29 is 5.11 Å². The van der Waals surface area contributed by atoms with Crippen molar-refractivity contribution >= 4 is 0 Å². The van der Waals surface area contributed by atoms with Crippen LogP contribution in [0.25, 0.3) is 0 Å². The summed E-state index contributed by atoms with van der Waals surface area (Å²) < 4.78 is 0. The van der Waals surface area contributed by atoms with E-state index in [1.807, 2.05) is 44.1 Å². The molecule has 0 spiro atoms. The molecule has 0 saturated heterocycles. The molecule has 0 heterocycles. The van der Waals surface area contributed by atoms with Gasteiger partial charge in [0.2, 0.25) is 0 Å². The first kappa shape index (κ1) is 13.2. The fraction of sp³-hybridized carbons (Fsp3) is 0.538. The second kappa shape index (κ2) is 5.99. The molecule has 0 aromatic heterocycles. The zero-order valence-electron chi connectivity index (χ0n) is 10.4. The van der Waals surface area contributed by atoms with Gasteiger partial charge in [0, 0.05) is 19.6 Å². The van der Waals surface area contributed by atoms with Crippen LogP contribution in [0.5, 0.6) is 0 Å². The smallest absolute Gasteiger partial charge is 0.0869 e. The zero-order valence-corrected chi connectivity index (χ0v) is 10.4. The average Bonchev–Trinajstić information content (AvgIpc) is 2.16. The first-order valence-corrected chi connectivity index (χ1v) is 5.61. The third-order valence-electron chi connectivity index (χ3n) is 2.33. The van der Waals surface area contributed by atoms with Crippen LogP contribution in [0, 0.1) is 0 Å². The highest BCUT2D eigenvalue weighted by Gasteiger charge is 2.20. The molecule has 0 amide bonds. The Morgan fingerprint density at radius 3 is 2.44 bits per heavy atom. The maximum Gasteiger partial charge on any atom is 0.0869 e. The lowest BCUT2D eigenvalue weighted by Gasteiger charge is -2.27. The van der Waals surface area contributed by atoms with Gasteiger partial charge in [-0.2, -0.15) is 0 Å². The number of hydrogen-bond donors (Lipinski definition) is 2. The van der Waals surface area contributed by atoms with E-state index in [0.29, 0.717) is 13.1 Å². The zero-order chi connectivity index (χ0) is 12.0. The van der Waals surface area contributed by atoms with Gasteiger partial charge in [-0.3, -0.25) is 0 Å². The van der Waals surface area contributed by atoms with E-state index in [2.05, 4.69) is 17.4 Å². The van der Waals surface area contributed by atoms with Gasteiger partial charge in [0.1, 0.15) is 0 Å². The minimum Gasteiger partial charge on any atom is -0.388 e. The monoisotopic (exact) mass is 222 g/mol. The molecular weight excluding hydrogens is 200 g/mol. The largest absolute Gasteiger partial charge is 0.388 e. The molecule has 1 atom stereocenters. The first-order valence-electron chi connectivity index (χ1n) is 5.61. The quantitative estimate of drug-likeness (QED) is 0.756. The molecule has 16 heavy (non-hydrogen) atoms. The van der Waals surface area contributed by atoms with Crippen LogP contribution < -0.4 is 5.32 Å². The minimum absolute atomic E-state index is 0.597. The van der Waals surface area contributed by atoms with Crippen LogP contribution >= 0.6 is 0 Å². The van der Waals surface area contributed by atoms with E-state index in [-0.39, 0.29) is 0 Å². The Hall–Kier alpha value is -0.900. The summed E-state index contributed by atoms with van der Waals surface area (Å²) in [6.07, 6.45) is 0. The van der Waals surface area contributed by atoms with Crippen LogP contribution in [0.4, 0.5) is 0 Å². The molecule has 3 heteroatoms. The average molecular weight is 222 g/mol. The molecule has 0 fully saturated rings. The number of likely N-dealkylation sites (N-methyl/N-ethyl adjacent to an activating group) is 1. The van der Waals surface area contributed by atoms with E-state index in [1.54, 1.807) is 0 Å². The SMILES string of the molecule is CN(C)CC(C)(O)CNCc1ccccc1. The molecule has 3 nitrogen and oxygen atoms in total. The molecule has 1 unspecified atom stereocenters. The molecule has 0 aliphatic heterocycles. The Bertz CT molecular complexity index is 296. The van der Waals surface area contributed by atoms with Gasteiger partial charge in [0.15, 0.2) is 0 Å². The van der Waals surface area contributed by atoms with E-state index >= 15 is 0 Å². The number of nitrogens with one attached hydrogen (secondary N) is 1. The van der Waals surface area contributed by atoms with E-state index in [1.165, 1.54) is 5.56 Å². The Balaban J connectivity index is 2.30. The Labute approximate surface area is 98.1 Å². The van der Waals surface area contributed by atoms with Gasteiger partial charge in [-0.25, -0.2) is 0 Å². The molecule has 0 aliphatic carbocycles. The Morgan fingerprint density at radius 2 is 1.88 bits per heavy atom. The molecule has 0 saturated carbocycles. The lowest BCUT2D eigenvalue weighted by atomic mass is 10.1. The highest BCUT2D eigenvalue weighted by atomic mass is 16.3. The predicted octanol–water partition coefficient (Wildman–Crippen LogP) is 1.09. The molecule has 0 radical (unpaired) electrons. The topological polar surface area (TPSA) is 35.5 Å². The van der Waals surface area contributed by atoms with Crippen molar-refractivity contribution in [2.75, 3.05) is 27.2 Å². The molecule has 1 aromatic carbocycles. The van der Waals surface area contributed by atoms with Crippen LogP contribution in [-0.2, 0) is 6.54 Å². The number of hydrogen-bond acceptors (Lipinski definition) is 3. The first-order chi connectivity index (χ1) is 7.49. The van der Waals surface area contributed by atoms with E-state index < -0.39 is 5.60 Å². The van der Waals surface area contributed by atoms with Gasteiger partial charge in [-0.15, -0.1) is 0 Å². The Morgan fingerprint density at radius 1 is 1.25 bits per heavy atom. The second-order valence-electron chi connectivity index (χ2n) is 4.82. The van der Waals surface area contributed by atoms with Crippen LogP contribution in [0.1, 0.15) is 12.5 Å². The van der Waals surface area contributed by atoms with Gasteiger partial charge in [0.05, 0.1) is 5.60 Å². The molecule has 90 valence electrons. The Kier molecular flexibility index (Phi) is 4.93. The summed E-state index contributed by atoms with van der Waals surface area (Å²) in [4.78, 5) is 1.99. The second-order valence-corrected chi connectivity index (χ2v) is 4.82. The van der Waals surface area contributed by atoms with Crippen LogP contribution in [0.2, 0.25) is 0 Å². The summed E-state index contributed by atoms with van der Waals surface area (Å²) in [7, 11) is 3.93. The molecule has 1 aromatic rings. The normalized spacial score (nSPS) is 15.1. The van der Waals surface area contributed by atoms with Gasteiger partial charge < -0.3 is 15.3 Å². The standard InChI is InChI=1S/C13H22N2O/c1-13(16,11-15(2)3)10-14-9-12-7-5-4-6-8-12/h4-8,14,16H,9-11H2,1-3H3. The van der Waals surface area contributed by atoms with Gasteiger partial charge >= 0.3 is 0 Å². The molecule has 1 rings (SSSR count). The van der Waals surface area contributed by atoms with Crippen molar-refractivity contribution in [3.8, 4) is 0 Å². The fourth-order valence-corrected chi connectivity index (χ4v) is 1.81. The lowest BCUT2D eigenvalue weighted by molar-refractivity contribution is 0.0336. The van der Waals surface area contributed by atoms with E-state index in [4.69, 9.17) is 0 Å². The number of rotatable bonds is 6. The highest BCUT2D eigenvalue weighted by molar-refractivity contribution is 5.14. The van der Waals surface area contributed by atoms with Crippen molar-refractivity contribution in [3.05, 3.63) is 35.9 Å². The number of aliphatic hydroxyl groups is 1. The third-order valence-corrected chi connectivity index (χ3v) is 2.33. The van der Waals surface area contributed by atoms with Crippen molar-refractivity contribution in [2.45, 2.75) is 19.1 Å². The van der Waals surface area contributed by atoms with Gasteiger partial charge in [0.25, 0.3) is 0 Å². The van der Waals surface area contributed by atoms with E-state index in [0.717, 1.165) is 6.54 Å². The summed E-state index contributed by atoms with van der Waals surface area (Å²) in [5.41, 5.74) is 0.557. The molecular formula is C13H22N2O. The number of benzene rings is 1. The highest BCUT2D eigenvalue weighted by Crippen LogP contribution is 2.04. The molecule has 2 N–H and O–H groups in total. The van der Waals surface area contributed by atoms with Crippen LogP contribution in [0.3, 0.4) is 0 Å². The van der Waals surface area contributed by atoms with Gasteiger partial charge in [-0.05, 0) is 26.6 Å². The summed E-state index contributed by atoms with van der Waals surface area (Å²) >= 11 is 0. The van der Waals surface area contributed by atoms with Crippen molar-refractivity contribution in [2.24, 2.45) is 0 Å². The predicted molar refractivity (Wildman–Crippen MR) is 67.3 cm³/mol. The molecule has 0 bridgehead atoms. The summed E-state index contributed by atoms with van der Waals surface area (Å²) in [5.74, 6) is 0. The van der Waals surface area contributed by atoms with Crippen molar-refractivity contribution in [1.82, 2.24) is 10.2 Å². The lowest BCUT2D eigenvalue weighted by Crippen LogP contribution is -2.45. The van der Waals surface area contributed by atoms with Crippen LogP contribution in [0.15, 0.2) is 30.3 Å². The third kappa shape index (κ3) is 5.26.